The van der Waals surface area contributed by atoms with Crippen molar-refractivity contribution in [1.29, 1.82) is 0 Å². The fourth-order valence-electron chi connectivity index (χ4n) is 2.73. The minimum Gasteiger partial charge on any atom is -0.347 e. The average Bonchev–Trinajstić information content (AvgIpc) is 2.93. The molecule has 21 heavy (non-hydrogen) atoms. The van der Waals surface area contributed by atoms with Crippen LogP contribution in [0.3, 0.4) is 0 Å². The number of carbonyl (C=O) groups is 1. The van der Waals surface area contributed by atoms with E-state index in [1.54, 1.807) is 11.2 Å². The molecule has 0 aliphatic carbocycles. The van der Waals surface area contributed by atoms with Crippen molar-refractivity contribution in [2.75, 3.05) is 26.2 Å². The van der Waals surface area contributed by atoms with Crippen LogP contribution in [0, 0.1) is 0 Å². The van der Waals surface area contributed by atoms with Crippen LogP contribution in [0.1, 0.15) is 11.4 Å². The molecule has 0 spiro atoms. The molecule has 0 bridgehead atoms. The van der Waals surface area contributed by atoms with Gasteiger partial charge in [0.15, 0.2) is 0 Å². The number of rotatable bonds is 2. The summed E-state index contributed by atoms with van der Waals surface area (Å²) in [6.45, 7) is 1.79. The second-order valence-corrected chi connectivity index (χ2v) is 6.78. The summed E-state index contributed by atoms with van der Waals surface area (Å²) >= 11 is 0. The van der Waals surface area contributed by atoms with Crippen molar-refractivity contribution in [1.82, 2.24) is 24.5 Å². The molecule has 3 rings (SSSR count). The van der Waals surface area contributed by atoms with Crippen LogP contribution in [0.15, 0.2) is 6.33 Å². The third-order valence-corrected chi connectivity index (χ3v) is 5.02. The topological polar surface area (TPSA) is 124 Å². The third kappa shape index (κ3) is 2.93. The van der Waals surface area contributed by atoms with Gasteiger partial charge >= 0.3 is 0 Å². The summed E-state index contributed by atoms with van der Waals surface area (Å²) in [6.07, 6.45) is 2.18. The van der Waals surface area contributed by atoms with E-state index in [0.29, 0.717) is 26.1 Å². The zero-order valence-electron chi connectivity index (χ0n) is 11.4. The van der Waals surface area contributed by atoms with Crippen LogP contribution in [0.5, 0.6) is 0 Å². The lowest BCUT2D eigenvalue weighted by Crippen LogP contribution is -2.57. The van der Waals surface area contributed by atoms with Crippen molar-refractivity contribution < 1.29 is 13.2 Å². The van der Waals surface area contributed by atoms with Gasteiger partial charge in [-0.15, -0.1) is 0 Å². The first kappa shape index (κ1) is 14.4. The second kappa shape index (κ2) is 5.37. The van der Waals surface area contributed by atoms with Gasteiger partial charge in [-0.25, -0.2) is 10.1 Å². The van der Waals surface area contributed by atoms with Gasteiger partial charge in [-0.2, -0.15) is 12.7 Å². The van der Waals surface area contributed by atoms with Gasteiger partial charge in [0.2, 0.25) is 5.91 Å². The molecule has 4 N–H and O–H groups in total. The zero-order chi connectivity index (χ0) is 15.0. The Morgan fingerprint density at radius 3 is 2.71 bits per heavy atom. The standard InChI is InChI=1S/C11H18N6O3S/c12-21(19,20)17-3-1-16(2-4-17)11(18)9-5-8-10(6-13-9)15-7-14-8/h7,9,13H,1-6H2,(H,14,15)(H2,12,19,20). The number of aromatic nitrogens is 2. The molecule has 1 amide bonds. The number of hydrogen-bond donors (Lipinski definition) is 3. The lowest BCUT2D eigenvalue weighted by atomic mass is 10.0. The molecule has 0 aromatic carbocycles. The fourth-order valence-corrected chi connectivity index (χ4v) is 3.40. The maximum Gasteiger partial charge on any atom is 0.277 e. The number of nitrogens with two attached hydrogens (primary N) is 1. The number of amides is 1. The molecule has 1 aromatic rings. The molecule has 2 aliphatic rings. The predicted octanol–water partition coefficient (Wildman–Crippen LogP) is -2.23. The minimum absolute atomic E-state index is 0.0160. The quantitative estimate of drug-likeness (QED) is 0.570. The zero-order valence-corrected chi connectivity index (χ0v) is 12.3. The molecule has 10 heteroatoms. The predicted molar refractivity (Wildman–Crippen MR) is 74.2 cm³/mol. The number of nitrogens with one attached hydrogen (secondary N) is 2. The highest BCUT2D eigenvalue weighted by atomic mass is 32.2. The summed E-state index contributed by atoms with van der Waals surface area (Å²) in [5, 5.41) is 8.27. The van der Waals surface area contributed by atoms with Crippen LogP contribution in [-0.4, -0.2) is 65.7 Å². The van der Waals surface area contributed by atoms with Crippen molar-refractivity contribution in [2.45, 2.75) is 19.0 Å². The Kier molecular flexibility index (Phi) is 3.69. The molecule has 1 saturated heterocycles. The molecular weight excluding hydrogens is 296 g/mol. The maximum atomic E-state index is 12.5. The van der Waals surface area contributed by atoms with Crippen LogP contribution in [0.4, 0.5) is 0 Å². The smallest absolute Gasteiger partial charge is 0.277 e. The van der Waals surface area contributed by atoms with Gasteiger partial charge in [0.1, 0.15) is 0 Å². The molecule has 1 unspecified atom stereocenters. The minimum atomic E-state index is -3.67. The van der Waals surface area contributed by atoms with E-state index in [1.165, 1.54) is 4.31 Å². The molecule has 0 radical (unpaired) electrons. The highest BCUT2D eigenvalue weighted by Crippen LogP contribution is 2.15. The van der Waals surface area contributed by atoms with E-state index in [-0.39, 0.29) is 25.0 Å². The largest absolute Gasteiger partial charge is 0.347 e. The highest BCUT2D eigenvalue weighted by Gasteiger charge is 2.32. The normalized spacial score (nSPS) is 23.9. The Morgan fingerprint density at radius 1 is 1.33 bits per heavy atom. The van der Waals surface area contributed by atoms with E-state index in [1.807, 2.05) is 0 Å². The monoisotopic (exact) mass is 314 g/mol. The lowest BCUT2D eigenvalue weighted by Gasteiger charge is -2.35. The molecule has 1 atom stereocenters. The molecular formula is C11H18N6O3S. The Bertz CT molecular complexity index is 634. The van der Waals surface area contributed by atoms with Gasteiger partial charge in [0.05, 0.1) is 23.8 Å². The number of piperazine rings is 1. The molecule has 3 heterocycles. The second-order valence-electron chi connectivity index (χ2n) is 5.23. The van der Waals surface area contributed by atoms with Crippen molar-refractivity contribution in [2.24, 2.45) is 5.14 Å². The number of carbonyl (C=O) groups excluding carboxylic acids is 1. The van der Waals surface area contributed by atoms with E-state index in [4.69, 9.17) is 5.14 Å². The van der Waals surface area contributed by atoms with Crippen LogP contribution in [0.2, 0.25) is 0 Å². The van der Waals surface area contributed by atoms with E-state index in [9.17, 15) is 13.2 Å². The number of hydrogen-bond acceptors (Lipinski definition) is 5. The Morgan fingerprint density at radius 2 is 2.05 bits per heavy atom. The Labute approximate surface area is 122 Å². The molecule has 2 aliphatic heterocycles. The summed E-state index contributed by atoms with van der Waals surface area (Å²) in [6, 6.07) is -0.304. The van der Waals surface area contributed by atoms with E-state index in [0.717, 1.165) is 11.4 Å². The van der Waals surface area contributed by atoms with Crippen LogP contribution in [-0.2, 0) is 28.0 Å². The van der Waals surface area contributed by atoms with Gasteiger partial charge in [0, 0.05) is 39.1 Å². The summed E-state index contributed by atoms with van der Waals surface area (Å²) in [4.78, 5) is 21.4. The third-order valence-electron chi connectivity index (χ3n) is 3.94. The van der Waals surface area contributed by atoms with Crippen LogP contribution >= 0.6 is 0 Å². The van der Waals surface area contributed by atoms with Gasteiger partial charge in [-0.3, -0.25) is 10.1 Å². The molecule has 1 aromatic heterocycles. The molecule has 9 nitrogen and oxygen atoms in total. The molecule has 1 fully saturated rings. The van der Waals surface area contributed by atoms with Gasteiger partial charge in [-0.05, 0) is 0 Å². The summed E-state index contributed by atoms with van der Waals surface area (Å²) in [7, 11) is -3.67. The number of H-pyrrole nitrogens is 1. The summed E-state index contributed by atoms with van der Waals surface area (Å²) < 4.78 is 23.7. The van der Waals surface area contributed by atoms with E-state index >= 15 is 0 Å². The first-order chi connectivity index (χ1) is 9.95. The number of imidazole rings is 1. The van der Waals surface area contributed by atoms with Gasteiger partial charge in [-0.1, -0.05) is 0 Å². The number of fused-ring (bicyclic) bond motifs is 1. The highest BCUT2D eigenvalue weighted by molar-refractivity contribution is 7.86. The van der Waals surface area contributed by atoms with Crippen molar-refractivity contribution >= 4 is 16.1 Å². The Hall–Kier alpha value is -1.49. The van der Waals surface area contributed by atoms with E-state index in [2.05, 4.69) is 15.3 Å². The van der Waals surface area contributed by atoms with Crippen molar-refractivity contribution in [3.8, 4) is 0 Å². The first-order valence-corrected chi connectivity index (χ1v) is 8.26. The molecule has 116 valence electrons. The van der Waals surface area contributed by atoms with Crippen LogP contribution < -0.4 is 10.5 Å². The fraction of sp³-hybridized carbons (Fsp3) is 0.636. The van der Waals surface area contributed by atoms with Gasteiger partial charge in [0.25, 0.3) is 10.2 Å². The van der Waals surface area contributed by atoms with Crippen molar-refractivity contribution in [3.63, 3.8) is 0 Å². The first-order valence-electron chi connectivity index (χ1n) is 6.76. The SMILES string of the molecule is NS(=O)(=O)N1CCN(C(=O)C2Cc3nc[nH]c3CN2)CC1. The lowest BCUT2D eigenvalue weighted by molar-refractivity contribution is -0.134. The Balaban J connectivity index is 1.60. The average molecular weight is 314 g/mol. The number of nitrogens with zero attached hydrogens (tertiary/aromatic N) is 3. The van der Waals surface area contributed by atoms with E-state index < -0.39 is 10.2 Å². The summed E-state index contributed by atoms with van der Waals surface area (Å²) in [5.74, 6) is -0.0160. The van der Waals surface area contributed by atoms with Crippen molar-refractivity contribution in [3.05, 3.63) is 17.7 Å². The maximum absolute atomic E-state index is 12.5. The van der Waals surface area contributed by atoms with Gasteiger partial charge < -0.3 is 9.88 Å². The number of aromatic amines is 1. The van der Waals surface area contributed by atoms with Crippen LogP contribution in [0.25, 0.3) is 0 Å². The summed E-state index contributed by atoms with van der Waals surface area (Å²) in [5.41, 5.74) is 1.92. The molecule has 0 saturated carbocycles.